The van der Waals surface area contributed by atoms with Gasteiger partial charge in [-0.3, -0.25) is 24.7 Å². The van der Waals surface area contributed by atoms with Crippen molar-refractivity contribution in [2.45, 2.75) is 12.8 Å². The van der Waals surface area contributed by atoms with Gasteiger partial charge in [0, 0.05) is 39.1 Å². The number of carbonyl (C=O) groups is 3. The molecule has 2 bridgehead atoms. The van der Waals surface area contributed by atoms with Crippen LogP contribution >= 0.6 is 0 Å². The smallest absolute Gasteiger partial charge is 0.236 e. The summed E-state index contributed by atoms with van der Waals surface area (Å²) in [5.41, 5.74) is 2.88. The van der Waals surface area contributed by atoms with Gasteiger partial charge in [0.2, 0.25) is 17.7 Å². The Morgan fingerprint density at radius 1 is 1.08 bits per heavy atom. The zero-order valence-electron chi connectivity index (χ0n) is 14.0. The number of likely N-dealkylation sites (N-methyl/N-ethyl adjacent to an activating group) is 1. The van der Waals surface area contributed by atoms with E-state index in [4.69, 9.17) is 0 Å². The first-order valence-electron chi connectivity index (χ1n) is 8.81. The second kappa shape index (κ2) is 5.97. The largest absolute Gasteiger partial charge is 0.304 e. The van der Waals surface area contributed by atoms with Crippen molar-refractivity contribution in [3.8, 4) is 0 Å². The summed E-state index contributed by atoms with van der Waals surface area (Å²) in [4.78, 5) is 40.8. The molecule has 2 heterocycles. The first-order chi connectivity index (χ1) is 11.5. The number of carbonyl (C=O) groups excluding carboxylic acids is 3. The Hall–Kier alpha value is -1.73. The molecule has 0 radical (unpaired) electrons. The normalized spacial score (nSPS) is 35.8. The van der Waals surface area contributed by atoms with E-state index in [-0.39, 0.29) is 54.4 Å². The van der Waals surface area contributed by atoms with E-state index in [1.54, 1.807) is 0 Å². The fourth-order valence-electron chi connectivity index (χ4n) is 4.55. The Bertz CT molecular complexity index is 567. The molecule has 2 saturated heterocycles. The van der Waals surface area contributed by atoms with Crippen LogP contribution in [0.2, 0.25) is 0 Å². The van der Waals surface area contributed by atoms with Crippen molar-refractivity contribution < 1.29 is 14.4 Å². The Balaban J connectivity index is 1.30. The first kappa shape index (κ1) is 15.8. The summed E-state index contributed by atoms with van der Waals surface area (Å²) in [6, 6.07) is 0. The molecule has 1 N–H and O–H groups in total. The summed E-state index contributed by atoms with van der Waals surface area (Å²) >= 11 is 0. The third-order valence-electron chi connectivity index (χ3n) is 5.91. The number of hydrogen-bond acceptors (Lipinski definition) is 5. The van der Waals surface area contributed by atoms with Crippen molar-refractivity contribution in [1.82, 2.24) is 20.2 Å². The van der Waals surface area contributed by atoms with Crippen LogP contribution < -0.4 is 5.43 Å². The summed E-state index contributed by atoms with van der Waals surface area (Å²) in [6.45, 7) is 3.63. The Kier molecular flexibility index (Phi) is 3.92. The fourth-order valence-corrected chi connectivity index (χ4v) is 4.55. The molecule has 24 heavy (non-hydrogen) atoms. The summed E-state index contributed by atoms with van der Waals surface area (Å²) in [5, 5.41) is 1.91. The van der Waals surface area contributed by atoms with Gasteiger partial charge in [-0.2, -0.15) is 0 Å². The molecule has 4 atom stereocenters. The zero-order chi connectivity index (χ0) is 16.8. The van der Waals surface area contributed by atoms with Gasteiger partial charge < -0.3 is 4.90 Å². The van der Waals surface area contributed by atoms with Crippen molar-refractivity contribution in [2.24, 2.45) is 23.7 Å². The van der Waals surface area contributed by atoms with Crippen LogP contribution in [0.4, 0.5) is 0 Å². The highest BCUT2D eigenvalue weighted by Gasteiger charge is 2.59. The molecule has 2 aliphatic heterocycles. The molecule has 130 valence electrons. The van der Waals surface area contributed by atoms with Crippen LogP contribution in [0.15, 0.2) is 12.2 Å². The minimum Gasteiger partial charge on any atom is -0.304 e. The third-order valence-corrected chi connectivity index (χ3v) is 5.91. The van der Waals surface area contributed by atoms with Crippen LogP contribution in [0.5, 0.6) is 0 Å². The number of imide groups is 1. The molecule has 0 aromatic rings. The predicted octanol–water partition coefficient (Wildman–Crippen LogP) is -0.538. The Morgan fingerprint density at radius 3 is 2.25 bits per heavy atom. The molecular weight excluding hydrogens is 308 g/mol. The van der Waals surface area contributed by atoms with Gasteiger partial charge >= 0.3 is 0 Å². The minimum absolute atomic E-state index is 0.0748. The van der Waals surface area contributed by atoms with E-state index in [1.807, 2.05) is 5.01 Å². The molecule has 4 aliphatic rings. The van der Waals surface area contributed by atoms with Crippen LogP contribution in [0.25, 0.3) is 0 Å². The number of piperazine rings is 1. The lowest BCUT2D eigenvalue weighted by Crippen LogP contribution is -2.53. The van der Waals surface area contributed by atoms with Crippen molar-refractivity contribution in [2.75, 3.05) is 39.8 Å². The molecule has 0 aromatic heterocycles. The second-order valence-corrected chi connectivity index (χ2v) is 7.40. The second-order valence-electron chi connectivity index (χ2n) is 7.40. The Labute approximate surface area is 141 Å². The standard InChI is InChI=1S/C17H24N4O3/c1-19-6-8-20(9-7-19)18-13(22)4-5-21-16(23)14-11-2-3-12(10-11)15(14)17(21)24/h2-3,11-12,14-15H,4-10H2,1H3,(H,18,22). The number of hydrazine groups is 1. The van der Waals surface area contributed by atoms with E-state index in [1.165, 1.54) is 4.90 Å². The molecule has 3 amide bonds. The molecule has 4 unspecified atom stereocenters. The molecule has 0 aromatic carbocycles. The van der Waals surface area contributed by atoms with Gasteiger partial charge in [-0.25, -0.2) is 5.01 Å². The lowest BCUT2D eigenvalue weighted by Gasteiger charge is -2.32. The van der Waals surface area contributed by atoms with Gasteiger partial charge in [0.05, 0.1) is 11.8 Å². The highest BCUT2D eigenvalue weighted by molar-refractivity contribution is 6.06. The lowest BCUT2D eigenvalue weighted by molar-refractivity contribution is -0.141. The Morgan fingerprint density at radius 2 is 1.67 bits per heavy atom. The van der Waals surface area contributed by atoms with Gasteiger partial charge in [-0.15, -0.1) is 0 Å². The molecule has 2 aliphatic carbocycles. The van der Waals surface area contributed by atoms with Gasteiger partial charge in [-0.1, -0.05) is 12.2 Å². The summed E-state index contributed by atoms with van der Waals surface area (Å²) in [7, 11) is 2.06. The molecule has 7 heteroatoms. The number of nitrogens with zero attached hydrogens (tertiary/aromatic N) is 3. The number of nitrogens with one attached hydrogen (secondary N) is 1. The van der Waals surface area contributed by atoms with Gasteiger partial charge in [0.1, 0.15) is 0 Å². The number of amides is 3. The SMILES string of the molecule is CN1CCN(NC(=O)CCN2C(=O)C3C4C=CC(C4)C3C2=O)CC1. The highest BCUT2D eigenvalue weighted by Crippen LogP contribution is 2.52. The van der Waals surface area contributed by atoms with Gasteiger partial charge in [0.15, 0.2) is 0 Å². The number of likely N-dealkylation sites (tertiary alicyclic amines) is 1. The minimum atomic E-state index is -0.173. The van der Waals surface area contributed by atoms with E-state index in [2.05, 4.69) is 29.5 Å². The van der Waals surface area contributed by atoms with E-state index in [0.29, 0.717) is 0 Å². The molecule has 4 rings (SSSR count). The van der Waals surface area contributed by atoms with Crippen molar-refractivity contribution in [1.29, 1.82) is 0 Å². The van der Waals surface area contributed by atoms with E-state index < -0.39 is 0 Å². The molecule has 3 fully saturated rings. The maximum Gasteiger partial charge on any atom is 0.236 e. The van der Waals surface area contributed by atoms with Gasteiger partial charge in [-0.05, 0) is 25.3 Å². The van der Waals surface area contributed by atoms with Crippen molar-refractivity contribution in [3.05, 3.63) is 12.2 Å². The summed E-state index contributed by atoms with van der Waals surface area (Å²) < 4.78 is 0. The molecule has 1 saturated carbocycles. The lowest BCUT2D eigenvalue weighted by atomic mass is 9.85. The number of rotatable bonds is 4. The van der Waals surface area contributed by atoms with Crippen molar-refractivity contribution in [3.63, 3.8) is 0 Å². The van der Waals surface area contributed by atoms with E-state index >= 15 is 0 Å². The molecule has 0 spiro atoms. The maximum absolute atomic E-state index is 12.5. The van der Waals surface area contributed by atoms with Crippen molar-refractivity contribution >= 4 is 17.7 Å². The predicted molar refractivity (Wildman–Crippen MR) is 86.3 cm³/mol. The van der Waals surface area contributed by atoms with Crippen LogP contribution in [0, 0.1) is 23.7 Å². The van der Waals surface area contributed by atoms with Gasteiger partial charge in [0.25, 0.3) is 0 Å². The number of hydrogen-bond donors (Lipinski definition) is 1. The monoisotopic (exact) mass is 332 g/mol. The maximum atomic E-state index is 12.5. The van der Waals surface area contributed by atoms with Crippen LogP contribution in [-0.4, -0.2) is 72.3 Å². The van der Waals surface area contributed by atoms with E-state index in [9.17, 15) is 14.4 Å². The average Bonchev–Trinajstić information content (AvgIpc) is 3.23. The highest BCUT2D eigenvalue weighted by atomic mass is 16.2. The molecular formula is C17H24N4O3. The number of fused-ring (bicyclic) bond motifs is 5. The number of allylic oxidation sites excluding steroid dienone is 2. The van der Waals surface area contributed by atoms with E-state index in [0.717, 1.165) is 32.6 Å². The average molecular weight is 332 g/mol. The quantitative estimate of drug-likeness (QED) is 0.553. The zero-order valence-corrected chi connectivity index (χ0v) is 14.0. The topological polar surface area (TPSA) is 73.0 Å². The third kappa shape index (κ3) is 2.56. The van der Waals surface area contributed by atoms with Crippen LogP contribution in [0.3, 0.4) is 0 Å². The van der Waals surface area contributed by atoms with Crippen LogP contribution in [-0.2, 0) is 14.4 Å². The van der Waals surface area contributed by atoms with Crippen LogP contribution in [0.1, 0.15) is 12.8 Å². The summed E-state index contributed by atoms with van der Waals surface area (Å²) in [6.07, 6.45) is 5.28. The fraction of sp³-hybridized carbons (Fsp3) is 0.706. The summed E-state index contributed by atoms with van der Waals surface area (Å²) in [5.74, 6) is -0.176. The first-order valence-corrected chi connectivity index (χ1v) is 8.81. The molecule has 7 nitrogen and oxygen atoms in total.